The lowest BCUT2D eigenvalue weighted by Gasteiger charge is -2.22. The Morgan fingerprint density at radius 3 is 2.31 bits per heavy atom. The van der Waals surface area contributed by atoms with Gasteiger partial charge in [0, 0.05) is 0 Å². The van der Waals surface area contributed by atoms with Crippen LogP contribution in [-0.4, -0.2) is 16.2 Å². The van der Waals surface area contributed by atoms with E-state index >= 15 is 0 Å². The zero-order valence-electron chi connectivity index (χ0n) is 10.1. The second-order valence-electron chi connectivity index (χ2n) is 5.09. The Kier molecular flexibility index (Phi) is 3.27. The topological polar surface area (TPSA) is 57.5 Å². The SMILES string of the molecule is CC(C(=O)O)c1ccc(O)c(C(C)(C)C)c1. The third-order valence-electron chi connectivity index (χ3n) is 2.70. The van der Waals surface area contributed by atoms with Crippen molar-refractivity contribution in [3.05, 3.63) is 29.3 Å². The van der Waals surface area contributed by atoms with Gasteiger partial charge in [0.25, 0.3) is 0 Å². The Morgan fingerprint density at radius 1 is 1.31 bits per heavy atom. The minimum Gasteiger partial charge on any atom is -0.508 e. The van der Waals surface area contributed by atoms with Crippen LogP contribution in [0.1, 0.15) is 44.7 Å². The van der Waals surface area contributed by atoms with E-state index in [1.54, 1.807) is 25.1 Å². The molecule has 1 unspecified atom stereocenters. The summed E-state index contributed by atoms with van der Waals surface area (Å²) < 4.78 is 0. The number of benzene rings is 1. The van der Waals surface area contributed by atoms with Gasteiger partial charge < -0.3 is 10.2 Å². The Hall–Kier alpha value is -1.51. The monoisotopic (exact) mass is 222 g/mol. The van der Waals surface area contributed by atoms with E-state index in [4.69, 9.17) is 5.11 Å². The van der Waals surface area contributed by atoms with Crippen molar-refractivity contribution in [3.8, 4) is 5.75 Å². The van der Waals surface area contributed by atoms with Crippen molar-refractivity contribution in [2.24, 2.45) is 0 Å². The molecule has 0 saturated heterocycles. The molecule has 0 saturated carbocycles. The van der Waals surface area contributed by atoms with Crippen molar-refractivity contribution >= 4 is 5.97 Å². The molecule has 1 aromatic rings. The summed E-state index contributed by atoms with van der Waals surface area (Å²) in [6.45, 7) is 7.59. The van der Waals surface area contributed by atoms with E-state index in [0.29, 0.717) is 0 Å². The van der Waals surface area contributed by atoms with Crippen LogP contribution in [0.4, 0.5) is 0 Å². The molecule has 16 heavy (non-hydrogen) atoms. The van der Waals surface area contributed by atoms with Crippen molar-refractivity contribution in [3.63, 3.8) is 0 Å². The Morgan fingerprint density at radius 2 is 1.88 bits per heavy atom. The van der Waals surface area contributed by atoms with Gasteiger partial charge in [-0.3, -0.25) is 4.79 Å². The van der Waals surface area contributed by atoms with Crippen molar-refractivity contribution in [1.29, 1.82) is 0 Å². The highest BCUT2D eigenvalue weighted by atomic mass is 16.4. The standard InChI is InChI=1S/C13H18O3/c1-8(12(15)16)9-5-6-11(14)10(7-9)13(2,3)4/h5-8,14H,1-4H3,(H,15,16). The average Bonchev–Trinajstić information content (AvgIpc) is 2.15. The summed E-state index contributed by atoms with van der Waals surface area (Å²) in [5.74, 6) is -1.19. The van der Waals surface area contributed by atoms with Gasteiger partial charge in [-0.2, -0.15) is 0 Å². The zero-order valence-corrected chi connectivity index (χ0v) is 10.1. The molecule has 0 radical (unpaired) electrons. The number of carbonyl (C=O) groups is 1. The summed E-state index contributed by atoms with van der Waals surface area (Å²) in [6, 6.07) is 4.99. The molecule has 0 bridgehead atoms. The van der Waals surface area contributed by atoms with Crippen LogP contribution in [0, 0.1) is 0 Å². The summed E-state index contributed by atoms with van der Waals surface area (Å²) in [6.07, 6.45) is 0. The molecule has 0 aliphatic heterocycles. The van der Waals surface area contributed by atoms with Crippen LogP contribution in [-0.2, 0) is 10.2 Å². The van der Waals surface area contributed by atoms with Crippen LogP contribution in [0.2, 0.25) is 0 Å². The molecule has 0 aliphatic carbocycles. The quantitative estimate of drug-likeness (QED) is 0.809. The molecule has 2 N–H and O–H groups in total. The van der Waals surface area contributed by atoms with Crippen LogP contribution in [0.3, 0.4) is 0 Å². The van der Waals surface area contributed by atoms with Gasteiger partial charge in [-0.15, -0.1) is 0 Å². The molecular formula is C13H18O3. The lowest BCUT2D eigenvalue weighted by Crippen LogP contribution is -2.14. The van der Waals surface area contributed by atoms with Gasteiger partial charge in [-0.25, -0.2) is 0 Å². The van der Waals surface area contributed by atoms with Crippen LogP contribution in [0.15, 0.2) is 18.2 Å². The number of aromatic hydroxyl groups is 1. The number of rotatable bonds is 2. The van der Waals surface area contributed by atoms with Crippen LogP contribution < -0.4 is 0 Å². The molecule has 88 valence electrons. The van der Waals surface area contributed by atoms with E-state index in [-0.39, 0.29) is 11.2 Å². The number of phenols is 1. The predicted octanol–water partition coefficient (Wildman–Crippen LogP) is 2.88. The fourth-order valence-corrected chi connectivity index (χ4v) is 1.57. The van der Waals surface area contributed by atoms with Gasteiger partial charge in [-0.1, -0.05) is 32.9 Å². The fraction of sp³-hybridized carbons (Fsp3) is 0.462. The molecule has 0 aliphatic rings. The van der Waals surface area contributed by atoms with Crippen molar-refractivity contribution in [2.45, 2.75) is 39.0 Å². The summed E-state index contributed by atoms with van der Waals surface area (Å²) in [5.41, 5.74) is 1.30. The molecular weight excluding hydrogens is 204 g/mol. The van der Waals surface area contributed by atoms with Gasteiger partial charge in [0.1, 0.15) is 5.75 Å². The van der Waals surface area contributed by atoms with E-state index in [1.165, 1.54) is 0 Å². The smallest absolute Gasteiger partial charge is 0.310 e. The van der Waals surface area contributed by atoms with Crippen LogP contribution in [0.5, 0.6) is 5.75 Å². The van der Waals surface area contributed by atoms with E-state index in [9.17, 15) is 9.90 Å². The van der Waals surface area contributed by atoms with Gasteiger partial charge in [0.15, 0.2) is 0 Å². The lowest BCUT2D eigenvalue weighted by molar-refractivity contribution is -0.138. The molecule has 1 atom stereocenters. The first-order valence-electron chi connectivity index (χ1n) is 5.29. The molecule has 3 heteroatoms. The molecule has 0 amide bonds. The third-order valence-corrected chi connectivity index (χ3v) is 2.70. The van der Waals surface area contributed by atoms with Crippen molar-refractivity contribution < 1.29 is 15.0 Å². The highest BCUT2D eigenvalue weighted by Gasteiger charge is 2.21. The van der Waals surface area contributed by atoms with E-state index in [2.05, 4.69) is 0 Å². The third kappa shape index (κ3) is 2.54. The maximum Gasteiger partial charge on any atom is 0.310 e. The van der Waals surface area contributed by atoms with Gasteiger partial charge in [-0.05, 0) is 29.5 Å². The maximum absolute atomic E-state index is 10.9. The summed E-state index contributed by atoms with van der Waals surface area (Å²) in [5, 5.41) is 18.7. The first-order valence-corrected chi connectivity index (χ1v) is 5.29. The summed E-state index contributed by atoms with van der Waals surface area (Å²) >= 11 is 0. The van der Waals surface area contributed by atoms with E-state index in [1.807, 2.05) is 20.8 Å². The van der Waals surface area contributed by atoms with E-state index < -0.39 is 11.9 Å². The van der Waals surface area contributed by atoms with Crippen LogP contribution >= 0.6 is 0 Å². The first-order chi connectivity index (χ1) is 7.23. The Bertz CT molecular complexity index is 402. The number of hydrogen-bond acceptors (Lipinski definition) is 2. The molecule has 0 spiro atoms. The fourth-order valence-electron chi connectivity index (χ4n) is 1.57. The van der Waals surface area contributed by atoms with Gasteiger partial charge >= 0.3 is 5.97 Å². The number of carboxylic acid groups (broad SMARTS) is 1. The number of hydrogen-bond donors (Lipinski definition) is 2. The first kappa shape index (κ1) is 12.6. The Labute approximate surface area is 95.7 Å². The van der Waals surface area contributed by atoms with Crippen LogP contribution in [0.25, 0.3) is 0 Å². The molecule has 1 rings (SSSR count). The normalized spacial score (nSPS) is 13.5. The number of carboxylic acids is 1. The minimum absolute atomic E-state index is 0.196. The maximum atomic E-state index is 10.9. The van der Waals surface area contributed by atoms with Crippen molar-refractivity contribution in [1.82, 2.24) is 0 Å². The molecule has 0 aromatic heterocycles. The molecule has 3 nitrogen and oxygen atoms in total. The molecule has 0 fully saturated rings. The van der Waals surface area contributed by atoms with Gasteiger partial charge in [0.2, 0.25) is 0 Å². The lowest BCUT2D eigenvalue weighted by atomic mass is 9.84. The second kappa shape index (κ2) is 4.16. The molecule has 1 aromatic carbocycles. The van der Waals surface area contributed by atoms with Gasteiger partial charge in [0.05, 0.1) is 5.92 Å². The average molecular weight is 222 g/mol. The highest BCUT2D eigenvalue weighted by molar-refractivity contribution is 5.75. The largest absolute Gasteiger partial charge is 0.508 e. The number of phenolic OH excluding ortho intramolecular Hbond substituents is 1. The Balaban J connectivity index is 3.23. The molecule has 0 heterocycles. The minimum atomic E-state index is -0.856. The predicted molar refractivity (Wildman–Crippen MR) is 62.9 cm³/mol. The number of aliphatic carboxylic acids is 1. The highest BCUT2D eigenvalue weighted by Crippen LogP contribution is 2.33. The summed E-state index contributed by atoms with van der Waals surface area (Å²) in [4.78, 5) is 10.9. The van der Waals surface area contributed by atoms with E-state index in [0.717, 1.165) is 11.1 Å². The van der Waals surface area contributed by atoms with Crippen molar-refractivity contribution in [2.75, 3.05) is 0 Å². The second-order valence-corrected chi connectivity index (χ2v) is 5.09. The zero-order chi connectivity index (χ0) is 12.5. The summed E-state index contributed by atoms with van der Waals surface area (Å²) in [7, 11) is 0.